The standard InChI is InChI=1S/C21H27N3O3S2/c25-21(20-19(10-13-28-20)29(26,27)23-18-8-9-18)22-14-16-4-6-17(7-5-16)15-24-11-2-1-3-12-24/h4-7,10,13,18,23H,1-3,8-9,11-12,14-15H2,(H,22,25). The van der Waals surface area contributed by atoms with E-state index in [0.29, 0.717) is 6.54 Å². The Balaban J connectivity index is 1.33. The summed E-state index contributed by atoms with van der Waals surface area (Å²) >= 11 is 1.15. The van der Waals surface area contributed by atoms with Crippen molar-refractivity contribution in [2.24, 2.45) is 0 Å². The molecule has 0 radical (unpaired) electrons. The molecule has 1 aliphatic heterocycles. The normalized spacial score (nSPS) is 17.9. The van der Waals surface area contributed by atoms with Gasteiger partial charge < -0.3 is 5.32 Å². The zero-order chi connectivity index (χ0) is 20.3. The Morgan fingerprint density at radius 2 is 1.72 bits per heavy atom. The zero-order valence-corrected chi connectivity index (χ0v) is 18.0. The van der Waals surface area contributed by atoms with E-state index in [1.54, 1.807) is 5.38 Å². The van der Waals surface area contributed by atoms with Gasteiger partial charge in [-0.3, -0.25) is 9.69 Å². The molecule has 0 spiro atoms. The van der Waals surface area contributed by atoms with Crippen molar-refractivity contribution < 1.29 is 13.2 Å². The molecule has 1 saturated heterocycles. The summed E-state index contributed by atoms with van der Waals surface area (Å²) in [5, 5.41) is 4.50. The van der Waals surface area contributed by atoms with Gasteiger partial charge in [-0.05, 0) is 61.3 Å². The van der Waals surface area contributed by atoms with E-state index in [9.17, 15) is 13.2 Å². The monoisotopic (exact) mass is 433 g/mol. The van der Waals surface area contributed by atoms with E-state index >= 15 is 0 Å². The topological polar surface area (TPSA) is 78.5 Å². The van der Waals surface area contributed by atoms with Crippen LogP contribution in [0.25, 0.3) is 0 Å². The second kappa shape index (κ2) is 8.95. The first-order valence-corrected chi connectivity index (χ1v) is 12.6. The summed E-state index contributed by atoms with van der Waals surface area (Å²) in [4.78, 5) is 15.4. The molecule has 1 amide bonds. The first-order valence-electron chi connectivity index (χ1n) is 10.2. The molecule has 29 heavy (non-hydrogen) atoms. The molecule has 6 nitrogen and oxygen atoms in total. The third-order valence-electron chi connectivity index (χ3n) is 5.35. The number of sulfonamides is 1. The average Bonchev–Trinajstić information content (AvgIpc) is 3.37. The second-order valence-corrected chi connectivity index (χ2v) is 10.4. The number of rotatable bonds is 8. The molecule has 0 unspecified atom stereocenters. The number of carbonyl (C=O) groups is 1. The van der Waals surface area contributed by atoms with Crippen molar-refractivity contribution in [3.8, 4) is 0 Å². The minimum Gasteiger partial charge on any atom is -0.347 e. The van der Waals surface area contributed by atoms with Gasteiger partial charge in [0.05, 0.1) is 0 Å². The van der Waals surface area contributed by atoms with E-state index in [1.807, 2.05) is 12.1 Å². The van der Waals surface area contributed by atoms with Gasteiger partial charge in [-0.25, -0.2) is 13.1 Å². The molecule has 0 bridgehead atoms. The third-order valence-corrected chi connectivity index (χ3v) is 7.96. The number of thiophene rings is 1. The summed E-state index contributed by atoms with van der Waals surface area (Å²) in [7, 11) is -3.64. The molecule has 1 aromatic heterocycles. The van der Waals surface area contributed by atoms with Crippen LogP contribution in [0.2, 0.25) is 0 Å². The number of piperidine rings is 1. The number of benzene rings is 1. The van der Waals surface area contributed by atoms with Crippen LogP contribution in [0.4, 0.5) is 0 Å². The highest BCUT2D eigenvalue weighted by Gasteiger charge is 2.31. The number of carbonyl (C=O) groups excluding carboxylic acids is 1. The molecule has 1 aliphatic carbocycles. The molecule has 4 rings (SSSR count). The van der Waals surface area contributed by atoms with Gasteiger partial charge >= 0.3 is 0 Å². The minimum atomic E-state index is -3.64. The lowest BCUT2D eigenvalue weighted by atomic mass is 10.1. The molecular formula is C21H27N3O3S2. The van der Waals surface area contributed by atoms with E-state index < -0.39 is 10.0 Å². The van der Waals surface area contributed by atoms with Crippen LogP contribution in [0.15, 0.2) is 40.6 Å². The second-order valence-electron chi connectivity index (χ2n) is 7.85. The molecule has 1 saturated carbocycles. The molecule has 2 fully saturated rings. The molecule has 2 aliphatic rings. The Morgan fingerprint density at radius 3 is 2.41 bits per heavy atom. The van der Waals surface area contributed by atoms with Crippen LogP contribution in [0.5, 0.6) is 0 Å². The van der Waals surface area contributed by atoms with E-state index in [4.69, 9.17) is 0 Å². The highest BCUT2D eigenvalue weighted by Crippen LogP contribution is 2.26. The van der Waals surface area contributed by atoms with Crippen LogP contribution in [0.1, 0.15) is 52.9 Å². The van der Waals surface area contributed by atoms with Crippen molar-refractivity contribution in [1.82, 2.24) is 14.9 Å². The number of hydrogen-bond acceptors (Lipinski definition) is 5. The summed E-state index contributed by atoms with van der Waals surface area (Å²) in [5.41, 5.74) is 2.28. The van der Waals surface area contributed by atoms with Crippen LogP contribution < -0.4 is 10.0 Å². The molecule has 2 aromatic rings. The largest absolute Gasteiger partial charge is 0.347 e. The fraction of sp³-hybridized carbons (Fsp3) is 0.476. The smallest absolute Gasteiger partial charge is 0.263 e. The summed E-state index contributed by atoms with van der Waals surface area (Å²) < 4.78 is 27.5. The Labute approximate surface area is 176 Å². The average molecular weight is 434 g/mol. The van der Waals surface area contributed by atoms with Crippen molar-refractivity contribution >= 4 is 27.3 Å². The fourth-order valence-corrected chi connectivity index (χ4v) is 6.21. The van der Waals surface area contributed by atoms with Crippen LogP contribution in [-0.4, -0.2) is 38.4 Å². The molecule has 2 heterocycles. The Kier molecular flexibility index (Phi) is 6.34. The van der Waals surface area contributed by atoms with Gasteiger partial charge in [-0.15, -0.1) is 11.3 Å². The lowest BCUT2D eigenvalue weighted by Gasteiger charge is -2.26. The Hall–Kier alpha value is -1.74. The van der Waals surface area contributed by atoms with Crippen LogP contribution in [0, 0.1) is 0 Å². The van der Waals surface area contributed by atoms with E-state index in [-0.39, 0.29) is 21.7 Å². The zero-order valence-electron chi connectivity index (χ0n) is 16.4. The number of nitrogens with one attached hydrogen (secondary N) is 2. The van der Waals surface area contributed by atoms with Gasteiger partial charge in [0, 0.05) is 19.1 Å². The van der Waals surface area contributed by atoms with Gasteiger partial charge in [0.25, 0.3) is 5.91 Å². The molecular weight excluding hydrogens is 406 g/mol. The maximum Gasteiger partial charge on any atom is 0.263 e. The van der Waals surface area contributed by atoms with Gasteiger partial charge in [0.2, 0.25) is 10.0 Å². The lowest BCUT2D eigenvalue weighted by Crippen LogP contribution is -2.29. The number of nitrogens with zero attached hydrogens (tertiary/aromatic N) is 1. The van der Waals surface area contributed by atoms with Crippen LogP contribution in [0.3, 0.4) is 0 Å². The maximum absolute atomic E-state index is 12.6. The molecule has 8 heteroatoms. The minimum absolute atomic E-state index is 0.0132. The van der Waals surface area contributed by atoms with E-state index in [0.717, 1.165) is 36.3 Å². The van der Waals surface area contributed by atoms with Crippen molar-refractivity contribution in [2.45, 2.75) is 56.1 Å². The Bertz CT molecular complexity index is 944. The van der Waals surface area contributed by atoms with Crippen molar-refractivity contribution in [3.63, 3.8) is 0 Å². The molecule has 1 aromatic carbocycles. The first kappa shape index (κ1) is 20.5. The van der Waals surface area contributed by atoms with Crippen molar-refractivity contribution in [1.29, 1.82) is 0 Å². The fourth-order valence-electron chi connectivity index (χ4n) is 3.56. The summed E-state index contributed by atoms with van der Waals surface area (Å²) in [5.74, 6) is -0.353. The SMILES string of the molecule is O=C(NCc1ccc(CN2CCCCC2)cc1)c1sccc1S(=O)(=O)NC1CC1. The van der Waals surface area contributed by atoms with E-state index in [2.05, 4.69) is 27.1 Å². The van der Waals surface area contributed by atoms with E-state index in [1.165, 1.54) is 44.0 Å². The highest BCUT2D eigenvalue weighted by atomic mass is 32.2. The highest BCUT2D eigenvalue weighted by molar-refractivity contribution is 7.89. The number of hydrogen-bond donors (Lipinski definition) is 2. The maximum atomic E-state index is 12.6. The molecule has 156 valence electrons. The predicted octanol–water partition coefficient (Wildman–Crippen LogP) is 3.10. The summed E-state index contributed by atoms with van der Waals surface area (Å²) in [6.07, 6.45) is 5.61. The van der Waals surface area contributed by atoms with Crippen LogP contribution >= 0.6 is 11.3 Å². The first-order chi connectivity index (χ1) is 14.0. The molecule has 0 atom stereocenters. The van der Waals surface area contributed by atoms with Gasteiger partial charge in [0.15, 0.2) is 0 Å². The van der Waals surface area contributed by atoms with Crippen LogP contribution in [-0.2, 0) is 23.1 Å². The summed E-state index contributed by atoms with van der Waals surface area (Å²) in [6.45, 7) is 3.67. The predicted molar refractivity (Wildman–Crippen MR) is 114 cm³/mol. The van der Waals surface area contributed by atoms with Gasteiger partial charge in [-0.2, -0.15) is 0 Å². The lowest BCUT2D eigenvalue weighted by molar-refractivity contribution is 0.0952. The third kappa shape index (κ3) is 5.45. The summed E-state index contributed by atoms with van der Waals surface area (Å²) in [6, 6.07) is 9.78. The number of amides is 1. The van der Waals surface area contributed by atoms with Gasteiger partial charge in [0.1, 0.15) is 9.77 Å². The quantitative estimate of drug-likeness (QED) is 0.671. The Morgan fingerprint density at radius 1 is 1.03 bits per heavy atom. The van der Waals surface area contributed by atoms with Gasteiger partial charge in [-0.1, -0.05) is 30.7 Å². The number of likely N-dealkylation sites (tertiary alicyclic amines) is 1. The van der Waals surface area contributed by atoms with Crippen molar-refractivity contribution in [3.05, 3.63) is 51.7 Å². The molecule has 2 N–H and O–H groups in total. The van der Waals surface area contributed by atoms with Crippen molar-refractivity contribution in [2.75, 3.05) is 13.1 Å².